The van der Waals surface area contributed by atoms with Gasteiger partial charge in [0.05, 0.1) is 0 Å². The van der Waals surface area contributed by atoms with E-state index in [1.165, 1.54) is 5.56 Å². The van der Waals surface area contributed by atoms with E-state index < -0.39 is 0 Å². The van der Waals surface area contributed by atoms with Gasteiger partial charge in [0.15, 0.2) is 5.96 Å². The number of nitrogens with one attached hydrogen (secondary N) is 2. The predicted octanol–water partition coefficient (Wildman–Crippen LogP) is 3.46. The van der Waals surface area contributed by atoms with Gasteiger partial charge in [-0.2, -0.15) is 0 Å². The lowest BCUT2D eigenvalue weighted by molar-refractivity contribution is 0.108. The third-order valence-electron chi connectivity index (χ3n) is 3.21. The Morgan fingerprint density at radius 1 is 1.09 bits per heavy atom. The highest BCUT2D eigenvalue weighted by molar-refractivity contribution is 14.0. The second-order valence-corrected chi connectivity index (χ2v) is 5.84. The Balaban J connectivity index is 0.00000484. The summed E-state index contributed by atoms with van der Waals surface area (Å²) in [5, 5.41) is 6.66. The number of nitrogens with zero attached hydrogens (tertiary/aromatic N) is 1. The highest BCUT2D eigenvalue weighted by atomic mass is 127. The molecule has 4 nitrogen and oxygen atoms in total. The molecule has 0 aliphatic carbocycles. The first-order valence-electron chi connectivity index (χ1n) is 8.28. The number of aliphatic imine (C=N–C) groups is 1. The van der Waals surface area contributed by atoms with E-state index in [1.54, 1.807) is 0 Å². The lowest BCUT2D eigenvalue weighted by Gasteiger charge is -2.12. The van der Waals surface area contributed by atoms with E-state index in [-0.39, 0.29) is 24.0 Å². The zero-order valence-electron chi connectivity index (χ0n) is 14.7. The summed E-state index contributed by atoms with van der Waals surface area (Å²) in [6.07, 6.45) is 3.19. The largest absolute Gasteiger partial charge is 0.381 e. The van der Waals surface area contributed by atoms with Crippen molar-refractivity contribution in [2.45, 2.75) is 33.1 Å². The number of ether oxygens (including phenoxy) is 1. The molecule has 0 atom stereocenters. The molecule has 2 N–H and O–H groups in total. The summed E-state index contributed by atoms with van der Waals surface area (Å²) >= 11 is 0. The van der Waals surface area contributed by atoms with Crippen molar-refractivity contribution in [2.24, 2.45) is 10.9 Å². The van der Waals surface area contributed by atoms with Gasteiger partial charge in [0.1, 0.15) is 0 Å². The molecule has 1 rings (SSSR count). The minimum absolute atomic E-state index is 0. The molecule has 0 aromatic heterocycles. The summed E-state index contributed by atoms with van der Waals surface area (Å²) in [6.45, 7) is 7.79. The molecule has 0 radical (unpaired) electrons. The molecule has 0 saturated carbocycles. The van der Waals surface area contributed by atoms with Crippen LogP contribution in [0.4, 0.5) is 0 Å². The molecule has 0 amide bonds. The molecule has 132 valence electrons. The minimum Gasteiger partial charge on any atom is -0.381 e. The van der Waals surface area contributed by atoms with E-state index in [0.29, 0.717) is 5.92 Å². The summed E-state index contributed by atoms with van der Waals surface area (Å²) in [4.78, 5) is 4.23. The fourth-order valence-electron chi connectivity index (χ4n) is 2.06. The van der Waals surface area contributed by atoms with E-state index >= 15 is 0 Å². The fraction of sp³-hybridized carbons (Fsp3) is 0.611. The molecule has 0 spiro atoms. The van der Waals surface area contributed by atoms with Crippen molar-refractivity contribution in [3.8, 4) is 0 Å². The van der Waals surface area contributed by atoms with Crippen molar-refractivity contribution in [3.05, 3.63) is 35.9 Å². The predicted molar refractivity (Wildman–Crippen MR) is 110 cm³/mol. The summed E-state index contributed by atoms with van der Waals surface area (Å²) in [5.74, 6) is 1.48. The molecule has 0 fully saturated rings. The van der Waals surface area contributed by atoms with E-state index in [1.807, 2.05) is 7.05 Å². The number of hydrogen-bond donors (Lipinski definition) is 2. The number of halogens is 1. The van der Waals surface area contributed by atoms with Crippen LogP contribution in [0.5, 0.6) is 0 Å². The van der Waals surface area contributed by atoms with Crippen molar-refractivity contribution < 1.29 is 4.74 Å². The van der Waals surface area contributed by atoms with E-state index in [2.05, 4.69) is 59.8 Å². The average Bonchev–Trinajstić information content (AvgIpc) is 2.53. The van der Waals surface area contributed by atoms with Crippen molar-refractivity contribution in [1.29, 1.82) is 0 Å². The smallest absolute Gasteiger partial charge is 0.190 e. The quantitative estimate of drug-likeness (QED) is 0.257. The van der Waals surface area contributed by atoms with Gasteiger partial charge in [-0.05, 0) is 30.7 Å². The average molecular weight is 433 g/mol. The number of aryl methyl sites for hydroxylation is 1. The summed E-state index contributed by atoms with van der Waals surface area (Å²) in [6, 6.07) is 10.6. The van der Waals surface area contributed by atoms with Crippen LogP contribution in [0, 0.1) is 5.92 Å². The van der Waals surface area contributed by atoms with Gasteiger partial charge in [-0.15, -0.1) is 24.0 Å². The Labute approximate surface area is 158 Å². The van der Waals surface area contributed by atoms with Crippen molar-refractivity contribution in [3.63, 3.8) is 0 Å². The van der Waals surface area contributed by atoms with Crippen LogP contribution < -0.4 is 10.6 Å². The monoisotopic (exact) mass is 433 g/mol. The van der Waals surface area contributed by atoms with Crippen molar-refractivity contribution >= 4 is 29.9 Å². The van der Waals surface area contributed by atoms with E-state index in [9.17, 15) is 0 Å². The Morgan fingerprint density at radius 3 is 2.35 bits per heavy atom. The Kier molecular flexibility index (Phi) is 14.2. The van der Waals surface area contributed by atoms with Gasteiger partial charge in [0.25, 0.3) is 0 Å². The number of benzene rings is 1. The Morgan fingerprint density at radius 2 is 1.74 bits per heavy atom. The van der Waals surface area contributed by atoms with E-state index in [4.69, 9.17) is 4.74 Å². The Bertz CT molecular complexity index is 410. The first-order chi connectivity index (χ1) is 10.7. The van der Waals surface area contributed by atoms with Crippen LogP contribution in [0.3, 0.4) is 0 Å². The van der Waals surface area contributed by atoms with Crippen molar-refractivity contribution in [1.82, 2.24) is 10.6 Å². The maximum atomic E-state index is 5.56. The molecule has 23 heavy (non-hydrogen) atoms. The number of rotatable bonds is 10. The zero-order valence-corrected chi connectivity index (χ0v) is 17.0. The maximum Gasteiger partial charge on any atom is 0.190 e. The zero-order chi connectivity index (χ0) is 16.0. The van der Waals surface area contributed by atoms with Gasteiger partial charge in [-0.25, -0.2) is 0 Å². The highest BCUT2D eigenvalue weighted by Crippen LogP contribution is 2.01. The first kappa shape index (κ1) is 22.2. The van der Waals surface area contributed by atoms with Gasteiger partial charge < -0.3 is 15.4 Å². The molecule has 0 aliphatic rings. The molecule has 0 unspecified atom stereocenters. The molecule has 0 saturated heterocycles. The van der Waals surface area contributed by atoms with Gasteiger partial charge in [0, 0.05) is 33.4 Å². The summed E-state index contributed by atoms with van der Waals surface area (Å²) in [7, 11) is 1.81. The van der Waals surface area contributed by atoms with Gasteiger partial charge in [-0.3, -0.25) is 4.99 Å². The second kappa shape index (κ2) is 14.8. The Hall–Kier alpha value is -0.820. The normalized spacial score (nSPS) is 11.2. The number of hydrogen-bond acceptors (Lipinski definition) is 2. The lowest BCUT2D eigenvalue weighted by Crippen LogP contribution is -2.38. The van der Waals surface area contributed by atoms with Crippen LogP contribution in [-0.2, 0) is 11.2 Å². The lowest BCUT2D eigenvalue weighted by atomic mass is 10.1. The van der Waals surface area contributed by atoms with Crippen LogP contribution in [0.25, 0.3) is 0 Å². The van der Waals surface area contributed by atoms with Crippen LogP contribution >= 0.6 is 24.0 Å². The van der Waals surface area contributed by atoms with E-state index in [0.717, 1.165) is 51.5 Å². The van der Waals surface area contributed by atoms with Crippen LogP contribution in [0.2, 0.25) is 0 Å². The molecule has 1 aromatic rings. The standard InChI is InChI=1S/C18H31N3O.HI/c1-16(2)15-22-14-8-13-21-18(19-3)20-12-7-11-17-9-5-4-6-10-17;/h4-6,9-10,16H,7-8,11-15H2,1-3H3,(H2,19,20,21);1H. The maximum absolute atomic E-state index is 5.56. The van der Waals surface area contributed by atoms with Crippen LogP contribution in [0.1, 0.15) is 32.3 Å². The first-order valence-corrected chi connectivity index (χ1v) is 8.28. The molecule has 0 heterocycles. The van der Waals surface area contributed by atoms with Gasteiger partial charge >= 0.3 is 0 Å². The van der Waals surface area contributed by atoms with Crippen molar-refractivity contribution in [2.75, 3.05) is 33.4 Å². The summed E-state index contributed by atoms with van der Waals surface area (Å²) < 4.78 is 5.56. The number of guanidine groups is 1. The molecule has 0 aliphatic heterocycles. The second-order valence-electron chi connectivity index (χ2n) is 5.84. The molecule has 0 bridgehead atoms. The molecular formula is C18H32IN3O. The third-order valence-corrected chi connectivity index (χ3v) is 3.21. The van der Waals surface area contributed by atoms with Crippen LogP contribution in [-0.4, -0.2) is 39.3 Å². The molecular weight excluding hydrogens is 401 g/mol. The fourth-order valence-corrected chi connectivity index (χ4v) is 2.06. The van der Waals surface area contributed by atoms with Gasteiger partial charge in [-0.1, -0.05) is 44.2 Å². The topological polar surface area (TPSA) is 45.7 Å². The SMILES string of the molecule is CN=C(NCCCOCC(C)C)NCCCc1ccccc1.I. The third kappa shape index (κ3) is 12.3. The van der Waals surface area contributed by atoms with Gasteiger partial charge in [0.2, 0.25) is 0 Å². The molecule has 1 aromatic carbocycles. The summed E-state index contributed by atoms with van der Waals surface area (Å²) in [5.41, 5.74) is 1.38. The highest BCUT2D eigenvalue weighted by Gasteiger charge is 1.98. The minimum atomic E-state index is 0. The molecule has 5 heteroatoms. The van der Waals surface area contributed by atoms with Crippen LogP contribution in [0.15, 0.2) is 35.3 Å².